The van der Waals surface area contributed by atoms with Crippen molar-refractivity contribution >= 4 is 17.7 Å². The second-order valence-corrected chi connectivity index (χ2v) is 6.97. The van der Waals surface area contributed by atoms with Crippen molar-refractivity contribution < 1.29 is 9.13 Å². The van der Waals surface area contributed by atoms with Crippen LogP contribution in [-0.4, -0.2) is 69.1 Å². The summed E-state index contributed by atoms with van der Waals surface area (Å²) in [6.45, 7) is 9.29. The predicted octanol–water partition coefficient (Wildman–Crippen LogP) is 2.20. The Morgan fingerprint density at radius 1 is 1.24 bits per heavy atom. The van der Waals surface area contributed by atoms with Crippen LogP contribution in [0, 0.1) is 5.82 Å². The van der Waals surface area contributed by atoms with Gasteiger partial charge in [0.1, 0.15) is 5.82 Å². The zero-order chi connectivity index (χ0) is 17.7. The lowest BCUT2D eigenvalue weighted by molar-refractivity contribution is 0.0389. The highest BCUT2D eigenvalue weighted by Gasteiger charge is 2.09. The fourth-order valence-electron chi connectivity index (χ4n) is 2.48. The summed E-state index contributed by atoms with van der Waals surface area (Å²) in [6.07, 6.45) is 0.988. The molecule has 0 amide bonds. The minimum Gasteiger partial charge on any atom is -0.379 e. The number of aliphatic imine (C=N–C) groups is 1. The molecule has 5 nitrogen and oxygen atoms in total. The minimum atomic E-state index is -0.188. The second kappa shape index (κ2) is 12.1. The Hall–Kier alpha value is -1.31. The van der Waals surface area contributed by atoms with Gasteiger partial charge in [0, 0.05) is 44.2 Å². The molecule has 1 aliphatic rings. The molecule has 25 heavy (non-hydrogen) atoms. The van der Waals surface area contributed by atoms with Crippen molar-refractivity contribution in [1.29, 1.82) is 0 Å². The van der Waals surface area contributed by atoms with E-state index < -0.39 is 0 Å². The van der Waals surface area contributed by atoms with Crippen LogP contribution in [0.5, 0.6) is 0 Å². The number of nitrogens with one attached hydrogen (secondary N) is 2. The quantitative estimate of drug-likeness (QED) is 0.303. The van der Waals surface area contributed by atoms with Crippen LogP contribution in [0.1, 0.15) is 13.3 Å². The van der Waals surface area contributed by atoms with Gasteiger partial charge in [0.15, 0.2) is 5.96 Å². The number of thioether (sulfide) groups is 1. The number of benzene rings is 1. The molecule has 0 radical (unpaired) electrons. The molecule has 0 saturated carbocycles. The number of hydrogen-bond acceptors (Lipinski definition) is 4. The number of morpholine rings is 1. The van der Waals surface area contributed by atoms with Crippen LogP contribution >= 0.6 is 11.8 Å². The zero-order valence-corrected chi connectivity index (χ0v) is 15.8. The SMILES string of the molecule is CCNC(=NCCCSc1ccc(F)cc1)NCCN1CCOCC1. The lowest BCUT2D eigenvalue weighted by Gasteiger charge is -2.26. The van der Waals surface area contributed by atoms with E-state index in [1.807, 2.05) is 12.1 Å². The van der Waals surface area contributed by atoms with Crippen LogP contribution in [0.4, 0.5) is 4.39 Å². The van der Waals surface area contributed by atoms with Gasteiger partial charge in [0.05, 0.1) is 13.2 Å². The molecule has 7 heteroatoms. The summed E-state index contributed by atoms with van der Waals surface area (Å²) in [5.74, 6) is 1.66. The first kappa shape index (κ1) is 20.0. The number of ether oxygens (including phenoxy) is 1. The number of guanidine groups is 1. The molecule has 1 saturated heterocycles. The van der Waals surface area contributed by atoms with Crippen molar-refractivity contribution in [2.75, 3.05) is 58.2 Å². The van der Waals surface area contributed by atoms with Crippen molar-refractivity contribution in [2.45, 2.75) is 18.2 Å². The summed E-state index contributed by atoms with van der Waals surface area (Å²) >= 11 is 1.74. The summed E-state index contributed by atoms with van der Waals surface area (Å²) in [6, 6.07) is 6.64. The molecule has 1 aliphatic heterocycles. The standard InChI is InChI=1S/C18H29FN4OS/c1-2-20-18(22-9-10-23-11-13-24-14-12-23)21-8-3-15-25-17-6-4-16(19)5-7-17/h4-7H,2-3,8-15H2,1H3,(H2,20,21,22). The van der Waals surface area contributed by atoms with Crippen molar-refractivity contribution in [2.24, 2.45) is 4.99 Å². The molecule has 0 atom stereocenters. The third kappa shape index (κ3) is 8.56. The van der Waals surface area contributed by atoms with Gasteiger partial charge in [-0.15, -0.1) is 11.8 Å². The monoisotopic (exact) mass is 368 g/mol. The van der Waals surface area contributed by atoms with Gasteiger partial charge in [-0.3, -0.25) is 9.89 Å². The van der Waals surface area contributed by atoms with Crippen molar-refractivity contribution in [3.63, 3.8) is 0 Å². The van der Waals surface area contributed by atoms with Crippen LogP contribution in [0.2, 0.25) is 0 Å². The van der Waals surface area contributed by atoms with Crippen LogP contribution in [0.25, 0.3) is 0 Å². The molecule has 1 fully saturated rings. The van der Waals surface area contributed by atoms with E-state index in [2.05, 4.69) is 27.4 Å². The van der Waals surface area contributed by atoms with Crippen molar-refractivity contribution in [3.05, 3.63) is 30.1 Å². The van der Waals surface area contributed by atoms with Gasteiger partial charge in [0.2, 0.25) is 0 Å². The Morgan fingerprint density at radius 3 is 2.72 bits per heavy atom. The van der Waals surface area contributed by atoms with E-state index in [9.17, 15) is 4.39 Å². The minimum absolute atomic E-state index is 0.188. The number of rotatable bonds is 9. The first-order valence-electron chi connectivity index (χ1n) is 8.98. The Balaban J connectivity index is 1.61. The fraction of sp³-hybridized carbons (Fsp3) is 0.611. The molecule has 0 aromatic heterocycles. The second-order valence-electron chi connectivity index (χ2n) is 5.80. The van der Waals surface area contributed by atoms with E-state index >= 15 is 0 Å². The number of hydrogen-bond donors (Lipinski definition) is 2. The molecule has 140 valence electrons. The summed E-state index contributed by atoms with van der Waals surface area (Å²) < 4.78 is 18.2. The number of halogens is 1. The normalized spacial score (nSPS) is 16.0. The van der Waals surface area contributed by atoms with Crippen LogP contribution in [0.15, 0.2) is 34.2 Å². The van der Waals surface area contributed by atoms with Gasteiger partial charge in [-0.25, -0.2) is 4.39 Å². The smallest absolute Gasteiger partial charge is 0.191 e. The lowest BCUT2D eigenvalue weighted by atomic mass is 10.4. The van der Waals surface area contributed by atoms with E-state index in [0.29, 0.717) is 0 Å². The van der Waals surface area contributed by atoms with Crippen LogP contribution < -0.4 is 10.6 Å². The zero-order valence-electron chi connectivity index (χ0n) is 15.0. The highest BCUT2D eigenvalue weighted by atomic mass is 32.2. The average Bonchev–Trinajstić information content (AvgIpc) is 2.64. The molecule has 0 spiro atoms. The van der Waals surface area contributed by atoms with E-state index in [-0.39, 0.29) is 5.82 Å². The summed E-state index contributed by atoms with van der Waals surface area (Å²) in [7, 11) is 0. The van der Waals surface area contributed by atoms with Gasteiger partial charge < -0.3 is 15.4 Å². The molecule has 2 rings (SSSR count). The van der Waals surface area contributed by atoms with E-state index in [1.165, 1.54) is 12.1 Å². The Morgan fingerprint density at radius 2 is 2.00 bits per heavy atom. The predicted molar refractivity (Wildman–Crippen MR) is 103 cm³/mol. The molecule has 1 aromatic rings. The summed E-state index contributed by atoms with van der Waals surface area (Å²) in [5, 5.41) is 6.67. The van der Waals surface area contributed by atoms with E-state index in [4.69, 9.17) is 4.74 Å². The largest absolute Gasteiger partial charge is 0.379 e. The Bertz CT molecular complexity index is 506. The summed E-state index contributed by atoms with van der Waals surface area (Å²) in [4.78, 5) is 8.12. The highest BCUT2D eigenvalue weighted by molar-refractivity contribution is 7.99. The van der Waals surface area contributed by atoms with E-state index in [0.717, 1.165) is 75.5 Å². The first-order chi connectivity index (χ1) is 12.3. The van der Waals surface area contributed by atoms with Gasteiger partial charge in [-0.2, -0.15) is 0 Å². The van der Waals surface area contributed by atoms with Crippen LogP contribution in [-0.2, 0) is 4.74 Å². The molecule has 0 aliphatic carbocycles. The Kier molecular flexibility index (Phi) is 9.69. The van der Waals surface area contributed by atoms with Crippen molar-refractivity contribution in [1.82, 2.24) is 15.5 Å². The van der Waals surface area contributed by atoms with Gasteiger partial charge in [-0.05, 0) is 43.4 Å². The van der Waals surface area contributed by atoms with Crippen LogP contribution in [0.3, 0.4) is 0 Å². The highest BCUT2D eigenvalue weighted by Crippen LogP contribution is 2.18. The molecular weight excluding hydrogens is 339 g/mol. The Labute approximate surface area is 154 Å². The first-order valence-corrected chi connectivity index (χ1v) is 9.97. The maximum absolute atomic E-state index is 12.9. The lowest BCUT2D eigenvalue weighted by Crippen LogP contribution is -2.44. The molecule has 2 N–H and O–H groups in total. The van der Waals surface area contributed by atoms with Gasteiger partial charge >= 0.3 is 0 Å². The maximum Gasteiger partial charge on any atom is 0.191 e. The maximum atomic E-state index is 12.9. The molecule has 0 unspecified atom stereocenters. The van der Waals surface area contributed by atoms with Gasteiger partial charge in [0.25, 0.3) is 0 Å². The molecule has 1 heterocycles. The third-order valence-corrected chi connectivity index (χ3v) is 4.92. The average molecular weight is 369 g/mol. The van der Waals surface area contributed by atoms with Gasteiger partial charge in [-0.1, -0.05) is 0 Å². The fourth-order valence-corrected chi connectivity index (χ4v) is 3.31. The number of nitrogens with zero attached hydrogens (tertiary/aromatic N) is 2. The topological polar surface area (TPSA) is 48.9 Å². The summed E-state index contributed by atoms with van der Waals surface area (Å²) in [5.41, 5.74) is 0. The third-order valence-electron chi connectivity index (χ3n) is 3.82. The molecule has 0 bridgehead atoms. The van der Waals surface area contributed by atoms with Crippen molar-refractivity contribution in [3.8, 4) is 0 Å². The molecule has 1 aromatic carbocycles. The van der Waals surface area contributed by atoms with E-state index in [1.54, 1.807) is 11.8 Å². The molecular formula is C18H29FN4OS.